The van der Waals surface area contributed by atoms with E-state index in [9.17, 15) is 0 Å². The van der Waals surface area contributed by atoms with E-state index in [4.69, 9.17) is 14.0 Å². The third-order valence-electron chi connectivity index (χ3n) is 3.45. The van der Waals surface area contributed by atoms with Crippen LogP contribution in [0.4, 0.5) is 0 Å². The Morgan fingerprint density at radius 1 is 1.33 bits per heavy atom. The van der Waals surface area contributed by atoms with Gasteiger partial charge in [-0.25, -0.2) is 0 Å². The van der Waals surface area contributed by atoms with E-state index < -0.39 is 0 Å². The smallest absolute Gasteiger partial charge is 0.228 e. The molecule has 1 saturated heterocycles. The van der Waals surface area contributed by atoms with Crippen molar-refractivity contribution in [3.8, 4) is 5.75 Å². The van der Waals surface area contributed by atoms with E-state index >= 15 is 0 Å². The number of nitrogens with one attached hydrogen (secondary N) is 1. The second kappa shape index (κ2) is 6.69. The number of aromatic nitrogens is 2. The van der Waals surface area contributed by atoms with Crippen LogP contribution in [0.25, 0.3) is 0 Å². The second-order valence-corrected chi connectivity index (χ2v) is 5.06. The molecular weight excluding hydrogens is 270 g/mol. The normalized spacial score (nSPS) is 18.6. The van der Waals surface area contributed by atoms with E-state index in [2.05, 4.69) is 15.5 Å². The van der Waals surface area contributed by atoms with E-state index in [-0.39, 0.29) is 6.04 Å². The monoisotopic (exact) mass is 289 g/mol. The van der Waals surface area contributed by atoms with E-state index in [1.54, 1.807) is 7.11 Å². The minimum atomic E-state index is 0.257. The van der Waals surface area contributed by atoms with E-state index in [1.165, 1.54) is 0 Å². The Bertz CT molecular complexity index is 562. The molecule has 0 saturated carbocycles. The van der Waals surface area contributed by atoms with Crippen LogP contribution in [0.15, 0.2) is 28.8 Å². The summed E-state index contributed by atoms with van der Waals surface area (Å²) in [6.07, 6.45) is 1.36. The summed E-state index contributed by atoms with van der Waals surface area (Å²) >= 11 is 0. The van der Waals surface area contributed by atoms with Crippen molar-refractivity contribution in [2.75, 3.05) is 26.9 Å². The molecule has 6 nitrogen and oxygen atoms in total. The number of ether oxygens (including phenoxy) is 2. The number of methoxy groups -OCH3 is 1. The molecule has 1 atom stereocenters. The van der Waals surface area contributed by atoms with Crippen molar-refractivity contribution in [1.82, 2.24) is 15.5 Å². The zero-order chi connectivity index (χ0) is 14.5. The highest BCUT2D eigenvalue weighted by atomic mass is 16.5. The highest BCUT2D eigenvalue weighted by molar-refractivity contribution is 5.28. The summed E-state index contributed by atoms with van der Waals surface area (Å²) in [6, 6.07) is 8.13. The third-order valence-corrected chi connectivity index (χ3v) is 3.45. The average molecular weight is 289 g/mol. The van der Waals surface area contributed by atoms with Crippen LogP contribution >= 0.6 is 0 Å². The van der Waals surface area contributed by atoms with Gasteiger partial charge in [-0.2, -0.15) is 4.98 Å². The minimum absolute atomic E-state index is 0.257. The van der Waals surface area contributed by atoms with Gasteiger partial charge in [0.25, 0.3) is 0 Å². The first-order valence-corrected chi connectivity index (χ1v) is 7.09. The highest BCUT2D eigenvalue weighted by Gasteiger charge is 2.17. The van der Waals surface area contributed by atoms with E-state index in [0.29, 0.717) is 31.2 Å². The highest BCUT2D eigenvalue weighted by Crippen LogP contribution is 2.14. The Morgan fingerprint density at radius 3 is 2.90 bits per heavy atom. The Hall–Kier alpha value is -1.92. The maximum absolute atomic E-state index is 5.41. The molecule has 2 heterocycles. The zero-order valence-corrected chi connectivity index (χ0v) is 12.0. The maximum atomic E-state index is 5.41. The second-order valence-electron chi connectivity index (χ2n) is 5.06. The van der Waals surface area contributed by atoms with Gasteiger partial charge in [-0.3, -0.25) is 0 Å². The first kappa shape index (κ1) is 14.0. The molecule has 1 unspecified atom stereocenters. The van der Waals surface area contributed by atoms with Crippen molar-refractivity contribution in [3.63, 3.8) is 0 Å². The average Bonchev–Trinajstić information content (AvgIpc) is 2.96. The standard InChI is InChI=1S/C15H19N3O3/c1-19-13-4-2-11(3-5-13)8-14-17-15(21-18-14)9-12-10-20-7-6-16-12/h2-5,12,16H,6-10H2,1H3. The number of benzene rings is 1. The topological polar surface area (TPSA) is 69.4 Å². The first-order valence-electron chi connectivity index (χ1n) is 7.09. The first-order chi connectivity index (χ1) is 10.3. The van der Waals surface area contributed by atoms with Crippen LogP contribution in [0.2, 0.25) is 0 Å². The predicted octanol–water partition coefficient (Wildman–Crippen LogP) is 1.20. The summed E-state index contributed by atoms with van der Waals surface area (Å²) in [5.74, 6) is 2.20. The molecule has 1 aliphatic heterocycles. The van der Waals surface area contributed by atoms with E-state index in [0.717, 1.165) is 24.5 Å². The van der Waals surface area contributed by atoms with Crippen molar-refractivity contribution >= 4 is 0 Å². The molecule has 0 aliphatic carbocycles. The molecule has 0 bridgehead atoms. The van der Waals surface area contributed by atoms with Gasteiger partial charge in [-0.15, -0.1) is 0 Å². The Labute approximate surface area is 123 Å². The zero-order valence-electron chi connectivity index (χ0n) is 12.0. The maximum Gasteiger partial charge on any atom is 0.228 e. The van der Waals surface area contributed by atoms with Gasteiger partial charge in [-0.05, 0) is 17.7 Å². The molecule has 112 valence electrons. The van der Waals surface area contributed by atoms with Crippen molar-refractivity contribution in [2.45, 2.75) is 18.9 Å². The third kappa shape index (κ3) is 3.80. The summed E-state index contributed by atoms with van der Waals surface area (Å²) in [6.45, 7) is 2.33. The molecule has 2 aromatic rings. The number of hydrogen-bond acceptors (Lipinski definition) is 6. The lowest BCUT2D eigenvalue weighted by molar-refractivity contribution is 0.0744. The van der Waals surface area contributed by atoms with Crippen LogP contribution in [0.1, 0.15) is 17.3 Å². The quantitative estimate of drug-likeness (QED) is 0.892. The lowest BCUT2D eigenvalue weighted by Crippen LogP contribution is -2.42. The predicted molar refractivity (Wildman–Crippen MR) is 76.4 cm³/mol. The van der Waals surface area contributed by atoms with Gasteiger partial charge in [0, 0.05) is 25.4 Å². The van der Waals surface area contributed by atoms with Gasteiger partial charge in [0.05, 0.1) is 20.3 Å². The summed E-state index contributed by atoms with van der Waals surface area (Å²) in [4.78, 5) is 4.44. The number of rotatable bonds is 5. The molecule has 0 radical (unpaired) electrons. The summed E-state index contributed by atoms with van der Waals surface area (Å²) in [5, 5.41) is 7.41. The summed E-state index contributed by atoms with van der Waals surface area (Å²) in [5.41, 5.74) is 1.13. The Balaban J connectivity index is 1.58. The fourth-order valence-corrected chi connectivity index (χ4v) is 2.33. The molecule has 1 aromatic heterocycles. The van der Waals surface area contributed by atoms with Crippen LogP contribution < -0.4 is 10.1 Å². The van der Waals surface area contributed by atoms with Crippen LogP contribution in [0, 0.1) is 0 Å². The molecule has 21 heavy (non-hydrogen) atoms. The molecule has 0 spiro atoms. The Kier molecular flexibility index (Phi) is 4.47. The van der Waals surface area contributed by atoms with Crippen LogP contribution in [-0.4, -0.2) is 43.1 Å². The van der Waals surface area contributed by atoms with Crippen LogP contribution in [0.5, 0.6) is 5.75 Å². The van der Waals surface area contributed by atoms with Gasteiger partial charge in [0.2, 0.25) is 5.89 Å². The van der Waals surface area contributed by atoms with Gasteiger partial charge in [0.1, 0.15) is 5.75 Å². The van der Waals surface area contributed by atoms with Crippen molar-refractivity contribution in [2.24, 2.45) is 0 Å². The lowest BCUT2D eigenvalue weighted by atomic mass is 10.1. The lowest BCUT2D eigenvalue weighted by Gasteiger charge is -2.22. The SMILES string of the molecule is COc1ccc(Cc2noc(CC3COCCN3)n2)cc1. The van der Waals surface area contributed by atoms with Gasteiger partial charge >= 0.3 is 0 Å². The van der Waals surface area contributed by atoms with Gasteiger partial charge < -0.3 is 19.3 Å². The van der Waals surface area contributed by atoms with E-state index in [1.807, 2.05) is 24.3 Å². The largest absolute Gasteiger partial charge is 0.497 e. The number of hydrogen-bond donors (Lipinski definition) is 1. The van der Waals surface area contributed by atoms with Crippen LogP contribution in [-0.2, 0) is 17.6 Å². The minimum Gasteiger partial charge on any atom is -0.497 e. The molecule has 1 fully saturated rings. The Morgan fingerprint density at radius 2 is 2.19 bits per heavy atom. The fourth-order valence-electron chi connectivity index (χ4n) is 2.33. The van der Waals surface area contributed by atoms with Crippen molar-refractivity contribution < 1.29 is 14.0 Å². The molecule has 1 N–H and O–H groups in total. The molecule has 1 aromatic carbocycles. The van der Waals surface area contributed by atoms with Crippen molar-refractivity contribution in [1.29, 1.82) is 0 Å². The van der Waals surface area contributed by atoms with Crippen LogP contribution in [0.3, 0.4) is 0 Å². The number of nitrogens with zero attached hydrogens (tertiary/aromatic N) is 2. The molecule has 3 rings (SSSR count). The fraction of sp³-hybridized carbons (Fsp3) is 0.467. The van der Waals surface area contributed by atoms with Gasteiger partial charge in [-0.1, -0.05) is 17.3 Å². The molecule has 1 aliphatic rings. The number of morpholine rings is 1. The van der Waals surface area contributed by atoms with Crippen molar-refractivity contribution in [3.05, 3.63) is 41.5 Å². The summed E-state index contributed by atoms with van der Waals surface area (Å²) in [7, 11) is 1.66. The molecular formula is C15H19N3O3. The molecule has 6 heteroatoms. The summed E-state index contributed by atoms with van der Waals surface area (Å²) < 4.78 is 15.9. The molecule has 0 amide bonds. The van der Waals surface area contributed by atoms with Gasteiger partial charge in [0.15, 0.2) is 5.82 Å².